The number of hydrogen-bond donors (Lipinski definition) is 0. The first-order chi connectivity index (χ1) is 12.4. The Morgan fingerprint density at radius 2 is 0.960 bits per heavy atom. The fourth-order valence-electron chi connectivity index (χ4n) is 3.05. The van der Waals surface area contributed by atoms with E-state index in [1.165, 1.54) is 22.5 Å². The maximum absolute atomic E-state index is 4.20. The molecule has 0 saturated heterocycles. The smallest absolute Gasteiger partial charge is 0.0301 e. The van der Waals surface area contributed by atoms with E-state index >= 15 is 0 Å². The van der Waals surface area contributed by atoms with Crippen molar-refractivity contribution in [1.82, 2.24) is 0 Å². The second-order valence-corrected chi connectivity index (χ2v) is 5.83. The first-order valence-corrected chi connectivity index (χ1v) is 9.36. The van der Waals surface area contributed by atoms with Crippen molar-refractivity contribution < 1.29 is 15.1 Å². The van der Waals surface area contributed by atoms with Gasteiger partial charge in [-0.05, 0) is 23.3 Å². The molecule has 1 aliphatic rings. The molecule has 25 heavy (non-hydrogen) atoms. The summed E-state index contributed by atoms with van der Waals surface area (Å²) in [7, 11) is 4.20. The zero-order valence-corrected chi connectivity index (χ0v) is 15.3. The zero-order chi connectivity index (χ0) is 17.5. The molecule has 0 saturated carbocycles. The quantitative estimate of drug-likeness (QED) is 0.422. The van der Waals surface area contributed by atoms with Gasteiger partial charge in [0.1, 0.15) is 0 Å². The minimum absolute atomic E-state index is 0.892. The van der Waals surface area contributed by atoms with E-state index in [1.54, 1.807) is 0 Å². The summed E-state index contributed by atoms with van der Waals surface area (Å²) < 4.78 is 0. The van der Waals surface area contributed by atoms with Gasteiger partial charge in [-0.3, -0.25) is 0 Å². The second kappa shape index (κ2) is 8.96. The number of para-hydroxylation sites is 2. The molecule has 0 spiro atoms. The van der Waals surface area contributed by atoms with Crippen LogP contribution in [0.15, 0.2) is 84.9 Å². The van der Waals surface area contributed by atoms with E-state index in [2.05, 4.69) is 127 Å². The molecule has 0 fully saturated rings. The fraction of sp³-hybridized carbons (Fsp3) is 0.0952. The van der Waals surface area contributed by atoms with Crippen LogP contribution in [-0.4, -0.2) is 0 Å². The maximum Gasteiger partial charge on any atom is 0.0301 e. The molecule has 0 aliphatic carbocycles. The molecule has 1 heterocycles. The van der Waals surface area contributed by atoms with Crippen LogP contribution in [0.3, 0.4) is 0 Å². The molecule has 4 heteroatoms. The van der Waals surface area contributed by atoms with E-state index in [1.807, 2.05) is 0 Å². The molecule has 0 N–H and O–H groups in total. The molecular weight excluding hydrogens is 379 g/mol. The van der Waals surface area contributed by atoms with E-state index in [0.717, 1.165) is 13.1 Å². The van der Waals surface area contributed by atoms with Crippen LogP contribution in [0.2, 0.25) is 0 Å². The molecule has 3 aromatic rings. The van der Waals surface area contributed by atoms with Gasteiger partial charge in [0.25, 0.3) is 0 Å². The average Bonchev–Trinajstić information content (AvgIpc) is 3.03. The van der Waals surface area contributed by atoms with Gasteiger partial charge >= 0.3 is 25.2 Å². The fourth-order valence-corrected chi connectivity index (χ4v) is 3.05. The monoisotopic (exact) mass is 397 g/mol. The molecular formula is C21H19ClCuN2. The molecule has 0 radical (unpaired) electrons. The van der Waals surface area contributed by atoms with Crippen LogP contribution in [0.4, 0.5) is 11.4 Å². The Hall–Kier alpha value is -1.93. The summed E-state index contributed by atoms with van der Waals surface area (Å²) in [5, 5.41) is 0. The first-order valence-electron chi connectivity index (χ1n) is 8.07. The predicted molar refractivity (Wildman–Crippen MR) is 102 cm³/mol. The van der Waals surface area contributed by atoms with Crippen LogP contribution in [0, 0.1) is 6.67 Å². The van der Waals surface area contributed by atoms with E-state index in [9.17, 15) is 0 Å². The van der Waals surface area contributed by atoms with E-state index in [0.29, 0.717) is 0 Å². The molecule has 0 atom stereocenters. The van der Waals surface area contributed by atoms with Crippen molar-refractivity contribution in [1.29, 1.82) is 0 Å². The minimum atomic E-state index is 0.892. The third kappa shape index (κ3) is 4.38. The number of fused-ring (bicyclic) bond motifs is 1. The molecule has 2 nitrogen and oxygen atoms in total. The minimum Gasteiger partial charge on any atom is -0.498 e. The number of rotatable bonds is 4. The van der Waals surface area contributed by atoms with Gasteiger partial charge < -0.3 is 9.80 Å². The predicted octanol–water partition coefficient (Wildman–Crippen LogP) is 5.52. The second-order valence-electron chi connectivity index (χ2n) is 5.83. The summed E-state index contributed by atoms with van der Waals surface area (Å²) in [6, 6.07) is 29.8. The van der Waals surface area contributed by atoms with E-state index in [-0.39, 0.29) is 0 Å². The third-order valence-electron chi connectivity index (χ3n) is 4.17. The van der Waals surface area contributed by atoms with Gasteiger partial charge in [0, 0.05) is 24.5 Å². The Labute approximate surface area is 162 Å². The van der Waals surface area contributed by atoms with Gasteiger partial charge in [0.15, 0.2) is 0 Å². The summed E-state index contributed by atoms with van der Waals surface area (Å²) in [6.45, 7) is 4.01. The van der Waals surface area contributed by atoms with Gasteiger partial charge in [-0.2, -0.15) is 6.67 Å². The van der Waals surface area contributed by atoms with Crippen LogP contribution >= 0.6 is 10.1 Å². The van der Waals surface area contributed by atoms with Crippen LogP contribution in [0.25, 0.3) is 0 Å². The standard InChI is InChI=1S/C21H19N2.ClH.Cu/c1-3-9-18(10-4-1)15-22-17-23(16-19-11-5-2-6-12-19)21-14-8-7-13-20(21)22;;/h1-14,17H,15-16H2;1H;/q-1;;+2/p-1. The van der Waals surface area contributed by atoms with Gasteiger partial charge in [0.2, 0.25) is 0 Å². The van der Waals surface area contributed by atoms with Crippen LogP contribution in [-0.2, 0) is 28.2 Å². The Balaban J connectivity index is 0.000000880. The molecule has 1 aliphatic heterocycles. The average molecular weight is 398 g/mol. The van der Waals surface area contributed by atoms with Gasteiger partial charge in [0.05, 0.1) is 0 Å². The van der Waals surface area contributed by atoms with E-state index < -0.39 is 0 Å². The van der Waals surface area contributed by atoms with Crippen molar-refractivity contribution in [2.24, 2.45) is 0 Å². The number of halogens is 1. The van der Waals surface area contributed by atoms with Crippen LogP contribution in [0.5, 0.6) is 0 Å². The topological polar surface area (TPSA) is 6.48 Å². The summed E-state index contributed by atoms with van der Waals surface area (Å²) in [6.07, 6.45) is 0. The van der Waals surface area contributed by atoms with E-state index in [4.69, 9.17) is 0 Å². The summed E-state index contributed by atoms with van der Waals surface area (Å²) >= 11 is 3.66. The Morgan fingerprint density at radius 1 is 0.600 bits per heavy atom. The van der Waals surface area contributed by atoms with Crippen molar-refractivity contribution in [3.63, 3.8) is 0 Å². The first kappa shape index (κ1) is 17.9. The van der Waals surface area contributed by atoms with Crippen molar-refractivity contribution in [3.05, 3.63) is 103 Å². The normalized spacial score (nSPS) is 12.4. The number of hydrogen-bond acceptors (Lipinski definition) is 2. The summed E-state index contributed by atoms with van der Waals surface area (Å²) in [4.78, 5) is 4.65. The molecule has 3 aromatic carbocycles. The van der Waals surface area contributed by atoms with Crippen LogP contribution < -0.4 is 9.80 Å². The molecule has 0 unspecified atom stereocenters. The SMILES string of the molecule is [Cl][Cu+].c1ccc(CN2[CH-]N(Cc3ccccc3)c3ccccc32)cc1. The Bertz CT molecular complexity index is 714. The number of benzene rings is 3. The third-order valence-corrected chi connectivity index (χ3v) is 4.17. The van der Waals surface area contributed by atoms with Crippen molar-refractivity contribution in [2.75, 3.05) is 9.80 Å². The molecule has 0 aromatic heterocycles. The van der Waals surface area contributed by atoms with Crippen molar-refractivity contribution in [3.8, 4) is 0 Å². The summed E-state index contributed by atoms with van der Waals surface area (Å²) in [5.74, 6) is 0. The van der Waals surface area contributed by atoms with Crippen molar-refractivity contribution in [2.45, 2.75) is 13.1 Å². The number of nitrogens with zero attached hydrogens (tertiary/aromatic N) is 2. The van der Waals surface area contributed by atoms with Gasteiger partial charge in [-0.1, -0.05) is 72.8 Å². The summed E-state index contributed by atoms with van der Waals surface area (Å²) in [5.41, 5.74) is 5.18. The van der Waals surface area contributed by atoms with Gasteiger partial charge in [-0.25, -0.2) is 0 Å². The van der Waals surface area contributed by atoms with Gasteiger partial charge in [-0.15, -0.1) is 0 Å². The zero-order valence-electron chi connectivity index (χ0n) is 13.6. The maximum atomic E-state index is 4.20. The number of anilines is 2. The Kier molecular flexibility index (Phi) is 6.41. The molecule has 131 valence electrons. The molecule has 4 rings (SSSR count). The Morgan fingerprint density at radius 3 is 1.36 bits per heavy atom. The van der Waals surface area contributed by atoms with Crippen LogP contribution in [0.1, 0.15) is 11.1 Å². The largest absolute Gasteiger partial charge is 0.498 e. The molecule has 0 bridgehead atoms. The van der Waals surface area contributed by atoms with Crippen molar-refractivity contribution >= 4 is 21.5 Å². The molecule has 0 amide bonds.